The molecule has 0 amide bonds. The van der Waals surface area contributed by atoms with Crippen LogP contribution < -0.4 is 5.32 Å². The van der Waals surface area contributed by atoms with E-state index < -0.39 is 0 Å². The number of rotatable bonds is 2. The fourth-order valence-electron chi connectivity index (χ4n) is 1.97. The van der Waals surface area contributed by atoms with E-state index >= 15 is 0 Å². The van der Waals surface area contributed by atoms with Gasteiger partial charge in [-0.1, -0.05) is 18.2 Å². The minimum Gasteiger partial charge on any atom is -0.388 e. The van der Waals surface area contributed by atoms with Gasteiger partial charge in [0.1, 0.15) is 0 Å². The molecule has 1 aromatic carbocycles. The molecule has 3 rings (SSSR count). The molecule has 90 valence electrons. The molecule has 0 saturated heterocycles. The predicted molar refractivity (Wildman–Crippen MR) is 72.7 cm³/mol. The van der Waals surface area contributed by atoms with Crippen LogP contribution in [0.25, 0.3) is 17.0 Å². The van der Waals surface area contributed by atoms with Gasteiger partial charge in [0.05, 0.1) is 0 Å². The van der Waals surface area contributed by atoms with Crippen LogP contribution in [0.2, 0.25) is 0 Å². The molecule has 0 atom stereocenters. The third-order valence-electron chi connectivity index (χ3n) is 2.96. The van der Waals surface area contributed by atoms with E-state index in [0.29, 0.717) is 0 Å². The Morgan fingerprint density at radius 2 is 1.94 bits per heavy atom. The van der Waals surface area contributed by atoms with Gasteiger partial charge < -0.3 is 5.32 Å². The first kappa shape index (κ1) is 10.8. The number of hydrogen-bond donors (Lipinski definition) is 1. The highest BCUT2D eigenvalue weighted by Crippen LogP contribution is 2.20. The average molecular weight is 238 g/mol. The van der Waals surface area contributed by atoms with E-state index in [9.17, 15) is 0 Å². The van der Waals surface area contributed by atoms with Crippen molar-refractivity contribution < 1.29 is 0 Å². The number of nitrogens with one attached hydrogen (secondary N) is 1. The maximum atomic E-state index is 4.54. The van der Waals surface area contributed by atoms with Crippen LogP contribution in [-0.2, 0) is 0 Å². The molecule has 0 aliphatic rings. The molecule has 0 aliphatic heterocycles. The topological polar surface area (TPSA) is 42.2 Å². The molecule has 2 heterocycles. The fraction of sp³-hybridized carbons (Fsp3) is 0.143. The molecule has 0 radical (unpaired) electrons. The third-order valence-corrected chi connectivity index (χ3v) is 2.96. The van der Waals surface area contributed by atoms with Crippen LogP contribution in [0.1, 0.15) is 5.69 Å². The molecule has 0 unspecified atom stereocenters. The molecule has 0 spiro atoms. The summed E-state index contributed by atoms with van der Waals surface area (Å²) >= 11 is 0. The van der Waals surface area contributed by atoms with E-state index in [1.165, 1.54) is 0 Å². The number of hydrogen-bond acceptors (Lipinski definition) is 3. The summed E-state index contributed by atoms with van der Waals surface area (Å²) in [4.78, 5) is 4.54. The Labute approximate surface area is 105 Å². The van der Waals surface area contributed by atoms with Crippen LogP contribution in [0.3, 0.4) is 0 Å². The van der Waals surface area contributed by atoms with Gasteiger partial charge in [0.2, 0.25) is 0 Å². The Morgan fingerprint density at radius 1 is 1.11 bits per heavy atom. The SMILES string of the molecule is CNc1cccc(-c2nc3cccc(C)n3n2)c1. The second-order valence-corrected chi connectivity index (χ2v) is 4.20. The zero-order valence-corrected chi connectivity index (χ0v) is 10.4. The molecule has 3 aromatic rings. The first-order valence-corrected chi connectivity index (χ1v) is 5.88. The van der Waals surface area contributed by atoms with Crippen molar-refractivity contribution in [3.63, 3.8) is 0 Å². The van der Waals surface area contributed by atoms with Gasteiger partial charge in [-0.25, -0.2) is 9.50 Å². The number of benzene rings is 1. The largest absolute Gasteiger partial charge is 0.388 e. The number of pyridine rings is 1. The van der Waals surface area contributed by atoms with Gasteiger partial charge in [-0.2, -0.15) is 0 Å². The molecule has 0 bridgehead atoms. The van der Waals surface area contributed by atoms with Crippen LogP contribution in [0.5, 0.6) is 0 Å². The van der Waals surface area contributed by atoms with Crippen molar-refractivity contribution >= 4 is 11.3 Å². The number of anilines is 1. The summed E-state index contributed by atoms with van der Waals surface area (Å²) < 4.78 is 1.86. The summed E-state index contributed by atoms with van der Waals surface area (Å²) in [6.07, 6.45) is 0. The molecular weight excluding hydrogens is 224 g/mol. The van der Waals surface area contributed by atoms with E-state index in [2.05, 4.69) is 15.4 Å². The maximum Gasteiger partial charge on any atom is 0.182 e. The summed E-state index contributed by atoms with van der Waals surface area (Å²) in [5.74, 6) is 0.751. The predicted octanol–water partition coefficient (Wildman–Crippen LogP) is 2.75. The van der Waals surface area contributed by atoms with E-state index in [4.69, 9.17) is 0 Å². The molecule has 18 heavy (non-hydrogen) atoms. The zero-order valence-electron chi connectivity index (χ0n) is 10.4. The van der Waals surface area contributed by atoms with Crippen LogP contribution >= 0.6 is 0 Å². The molecular formula is C14H14N4. The van der Waals surface area contributed by atoms with Crippen molar-refractivity contribution in [3.05, 3.63) is 48.2 Å². The first-order valence-electron chi connectivity index (χ1n) is 5.88. The molecule has 0 saturated carbocycles. The van der Waals surface area contributed by atoms with Crippen molar-refractivity contribution in [1.29, 1.82) is 0 Å². The molecule has 2 aromatic heterocycles. The molecule has 4 heteroatoms. The minimum absolute atomic E-state index is 0.751. The molecule has 1 N–H and O–H groups in total. The lowest BCUT2D eigenvalue weighted by Crippen LogP contribution is -1.92. The van der Waals surface area contributed by atoms with Gasteiger partial charge in [-0.05, 0) is 31.2 Å². The van der Waals surface area contributed by atoms with Crippen molar-refractivity contribution in [1.82, 2.24) is 14.6 Å². The van der Waals surface area contributed by atoms with Crippen molar-refractivity contribution in [2.45, 2.75) is 6.92 Å². The zero-order chi connectivity index (χ0) is 12.5. The average Bonchev–Trinajstić information content (AvgIpc) is 2.84. The summed E-state index contributed by atoms with van der Waals surface area (Å²) in [6, 6.07) is 14.1. The summed E-state index contributed by atoms with van der Waals surface area (Å²) in [5, 5.41) is 7.66. The second kappa shape index (κ2) is 4.14. The standard InChI is InChI=1S/C14H14N4/c1-10-5-3-8-13-16-14(17-18(10)13)11-6-4-7-12(9-11)15-2/h3-9,15H,1-2H3. The van der Waals surface area contributed by atoms with Gasteiger partial charge >= 0.3 is 0 Å². The minimum atomic E-state index is 0.751. The molecule has 4 nitrogen and oxygen atoms in total. The fourth-order valence-corrected chi connectivity index (χ4v) is 1.97. The van der Waals surface area contributed by atoms with E-state index in [0.717, 1.165) is 28.4 Å². The lowest BCUT2D eigenvalue weighted by Gasteiger charge is -2.00. The van der Waals surface area contributed by atoms with Crippen LogP contribution in [0.15, 0.2) is 42.5 Å². The van der Waals surface area contributed by atoms with Crippen molar-refractivity contribution in [2.75, 3.05) is 12.4 Å². The first-order chi connectivity index (χ1) is 8.78. The number of aryl methyl sites for hydroxylation is 1. The highest BCUT2D eigenvalue weighted by Gasteiger charge is 2.07. The van der Waals surface area contributed by atoms with Gasteiger partial charge in [0.15, 0.2) is 11.5 Å². The van der Waals surface area contributed by atoms with Gasteiger partial charge in [0, 0.05) is 24.0 Å². The monoisotopic (exact) mass is 238 g/mol. The van der Waals surface area contributed by atoms with Crippen molar-refractivity contribution in [2.24, 2.45) is 0 Å². The lowest BCUT2D eigenvalue weighted by atomic mass is 10.2. The van der Waals surface area contributed by atoms with Gasteiger partial charge in [0.25, 0.3) is 0 Å². The maximum absolute atomic E-state index is 4.54. The third kappa shape index (κ3) is 1.72. The van der Waals surface area contributed by atoms with E-state index in [-0.39, 0.29) is 0 Å². The Hall–Kier alpha value is -2.36. The highest BCUT2D eigenvalue weighted by atomic mass is 15.3. The number of aromatic nitrogens is 3. The smallest absolute Gasteiger partial charge is 0.182 e. The number of nitrogens with zero attached hydrogens (tertiary/aromatic N) is 3. The second-order valence-electron chi connectivity index (χ2n) is 4.20. The Bertz CT molecular complexity index is 700. The van der Waals surface area contributed by atoms with Crippen LogP contribution in [0, 0.1) is 6.92 Å². The Morgan fingerprint density at radius 3 is 2.72 bits per heavy atom. The molecule has 0 aliphatic carbocycles. The summed E-state index contributed by atoms with van der Waals surface area (Å²) in [5.41, 5.74) is 4.03. The molecule has 0 fully saturated rings. The highest BCUT2D eigenvalue weighted by molar-refractivity contribution is 5.64. The summed E-state index contributed by atoms with van der Waals surface area (Å²) in [7, 11) is 1.90. The van der Waals surface area contributed by atoms with Crippen molar-refractivity contribution in [3.8, 4) is 11.4 Å². The number of fused-ring (bicyclic) bond motifs is 1. The van der Waals surface area contributed by atoms with Crippen LogP contribution in [0.4, 0.5) is 5.69 Å². The lowest BCUT2D eigenvalue weighted by molar-refractivity contribution is 0.918. The normalized spacial score (nSPS) is 10.8. The Kier molecular flexibility index (Phi) is 2.48. The Balaban J connectivity index is 2.16. The van der Waals surface area contributed by atoms with E-state index in [1.54, 1.807) is 0 Å². The van der Waals surface area contributed by atoms with Gasteiger partial charge in [-0.3, -0.25) is 0 Å². The quantitative estimate of drug-likeness (QED) is 0.746. The van der Waals surface area contributed by atoms with E-state index in [1.807, 2.05) is 61.0 Å². The van der Waals surface area contributed by atoms with Gasteiger partial charge in [-0.15, -0.1) is 5.10 Å². The van der Waals surface area contributed by atoms with Crippen LogP contribution in [-0.4, -0.2) is 21.6 Å². The summed E-state index contributed by atoms with van der Waals surface area (Å²) in [6.45, 7) is 2.02.